The summed E-state index contributed by atoms with van der Waals surface area (Å²) in [7, 11) is -0.791. The number of carbonyl (C=O) groups is 1. The second-order valence-corrected chi connectivity index (χ2v) is 5.95. The van der Waals surface area contributed by atoms with Crippen LogP contribution in [0.5, 0.6) is 0 Å². The van der Waals surface area contributed by atoms with Gasteiger partial charge in [0.2, 0.25) is 0 Å². The minimum absolute atomic E-state index is 0.0797. The molecule has 0 saturated carbocycles. The van der Waals surface area contributed by atoms with Crippen molar-refractivity contribution in [3.8, 4) is 0 Å². The molecule has 1 rings (SSSR count). The van der Waals surface area contributed by atoms with Crippen LogP contribution >= 0.6 is 0 Å². The largest absolute Gasteiger partial charge is 0.385 e. The fourth-order valence-corrected chi connectivity index (χ4v) is 2.14. The van der Waals surface area contributed by atoms with Gasteiger partial charge in [-0.2, -0.15) is 0 Å². The Morgan fingerprint density at radius 3 is 2.47 bits per heavy atom. The van der Waals surface area contributed by atoms with E-state index in [9.17, 15) is 9.00 Å². The van der Waals surface area contributed by atoms with Gasteiger partial charge < -0.3 is 10.6 Å². The molecule has 0 spiro atoms. The quantitative estimate of drug-likeness (QED) is 0.717. The van der Waals surface area contributed by atoms with Gasteiger partial charge in [-0.05, 0) is 37.1 Å². The summed E-state index contributed by atoms with van der Waals surface area (Å²) in [6, 6.07) is 7.44. The highest BCUT2D eigenvalue weighted by molar-refractivity contribution is 7.84. The summed E-state index contributed by atoms with van der Waals surface area (Å²) in [6.45, 7) is 3.60. The van der Waals surface area contributed by atoms with Crippen molar-refractivity contribution in [2.75, 3.05) is 30.4 Å². The Hall–Kier alpha value is -1.36. The lowest BCUT2D eigenvalue weighted by molar-refractivity contribution is 0.0954. The molecule has 106 valence electrons. The van der Waals surface area contributed by atoms with Crippen LogP contribution in [0.2, 0.25) is 0 Å². The summed E-state index contributed by atoms with van der Waals surface area (Å²) >= 11 is 0. The van der Waals surface area contributed by atoms with Crippen LogP contribution in [-0.4, -0.2) is 35.2 Å². The standard InChI is InChI=1S/C14H22N2O2S/c1-3-9-15-13-7-5-12(6-8-13)14(17)16-10-4-11-19(2)18/h5-8,15H,3-4,9-11H2,1-2H3,(H,16,17). The molecular formula is C14H22N2O2S. The normalized spacial score (nSPS) is 11.9. The van der Waals surface area contributed by atoms with E-state index in [1.165, 1.54) is 0 Å². The zero-order valence-electron chi connectivity index (χ0n) is 11.6. The molecule has 0 fully saturated rings. The third-order valence-corrected chi connectivity index (χ3v) is 3.48. The van der Waals surface area contributed by atoms with Crippen molar-refractivity contribution in [3.63, 3.8) is 0 Å². The number of rotatable bonds is 8. The summed E-state index contributed by atoms with van der Waals surface area (Å²) < 4.78 is 10.9. The molecule has 0 heterocycles. The van der Waals surface area contributed by atoms with E-state index in [2.05, 4.69) is 17.6 Å². The number of anilines is 1. The number of hydrogen-bond acceptors (Lipinski definition) is 3. The highest BCUT2D eigenvalue weighted by atomic mass is 32.2. The second kappa shape index (κ2) is 8.69. The van der Waals surface area contributed by atoms with Crippen molar-refractivity contribution in [2.45, 2.75) is 19.8 Å². The Labute approximate surface area is 117 Å². The molecule has 0 aliphatic heterocycles. The van der Waals surface area contributed by atoms with Gasteiger partial charge in [-0.1, -0.05) is 6.92 Å². The van der Waals surface area contributed by atoms with Gasteiger partial charge in [0, 0.05) is 47.1 Å². The van der Waals surface area contributed by atoms with Crippen LogP contribution < -0.4 is 10.6 Å². The first kappa shape index (κ1) is 15.7. The van der Waals surface area contributed by atoms with Crippen molar-refractivity contribution >= 4 is 22.4 Å². The first-order valence-electron chi connectivity index (χ1n) is 6.55. The Morgan fingerprint density at radius 2 is 1.89 bits per heavy atom. The summed E-state index contributed by atoms with van der Waals surface area (Å²) in [5, 5.41) is 6.08. The Bertz CT molecular complexity index is 418. The van der Waals surface area contributed by atoms with E-state index in [-0.39, 0.29) is 5.91 Å². The third-order valence-electron chi connectivity index (χ3n) is 2.62. The van der Waals surface area contributed by atoms with Gasteiger partial charge >= 0.3 is 0 Å². The van der Waals surface area contributed by atoms with Gasteiger partial charge in [0.1, 0.15) is 0 Å². The molecule has 5 heteroatoms. The van der Waals surface area contributed by atoms with Crippen LogP contribution in [0.4, 0.5) is 5.69 Å². The Balaban J connectivity index is 2.37. The Morgan fingerprint density at radius 1 is 1.21 bits per heavy atom. The monoisotopic (exact) mass is 282 g/mol. The molecule has 1 amide bonds. The molecular weight excluding hydrogens is 260 g/mol. The highest BCUT2D eigenvalue weighted by Crippen LogP contribution is 2.09. The smallest absolute Gasteiger partial charge is 0.251 e. The minimum Gasteiger partial charge on any atom is -0.385 e. The number of hydrogen-bond donors (Lipinski definition) is 2. The number of carbonyl (C=O) groups excluding carboxylic acids is 1. The molecule has 0 radical (unpaired) electrons. The predicted molar refractivity (Wildman–Crippen MR) is 81.1 cm³/mol. The zero-order chi connectivity index (χ0) is 14.1. The fraction of sp³-hybridized carbons (Fsp3) is 0.500. The van der Waals surface area contributed by atoms with Crippen LogP contribution in [0.25, 0.3) is 0 Å². The fourth-order valence-electron chi connectivity index (χ4n) is 1.59. The summed E-state index contributed by atoms with van der Waals surface area (Å²) in [5.74, 6) is 0.545. The molecule has 2 N–H and O–H groups in total. The van der Waals surface area contributed by atoms with Gasteiger partial charge in [0.05, 0.1) is 0 Å². The van der Waals surface area contributed by atoms with Crippen LogP contribution in [0.15, 0.2) is 24.3 Å². The van der Waals surface area contributed by atoms with Crippen molar-refractivity contribution in [2.24, 2.45) is 0 Å². The topological polar surface area (TPSA) is 58.2 Å². The van der Waals surface area contributed by atoms with Crippen molar-refractivity contribution in [1.29, 1.82) is 0 Å². The number of benzene rings is 1. The van der Waals surface area contributed by atoms with Gasteiger partial charge in [-0.25, -0.2) is 0 Å². The van der Waals surface area contributed by atoms with Gasteiger partial charge in [0.15, 0.2) is 0 Å². The maximum atomic E-state index is 11.8. The van der Waals surface area contributed by atoms with E-state index in [1.807, 2.05) is 24.3 Å². The molecule has 1 unspecified atom stereocenters. The SMILES string of the molecule is CCCNc1ccc(C(=O)NCCCS(C)=O)cc1. The first-order chi connectivity index (χ1) is 9.13. The molecule has 0 aliphatic rings. The average molecular weight is 282 g/mol. The molecule has 1 aromatic rings. The molecule has 0 aliphatic carbocycles. The lowest BCUT2D eigenvalue weighted by Crippen LogP contribution is -2.25. The van der Waals surface area contributed by atoms with Gasteiger partial charge in [-0.15, -0.1) is 0 Å². The average Bonchev–Trinajstić information content (AvgIpc) is 2.41. The summed E-state index contributed by atoms with van der Waals surface area (Å²) in [5.41, 5.74) is 1.68. The molecule has 0 aromatic heterocycles. The van der Waals surface area contributed by atoms with E-state index >= 15 is 0 Å². The Kier molecular flexibility index (Phi) is 7.18. The van der Waals surface area contributed by atoms with Crippen molar-refractivity contribution in [3.05, 3.63) is 29.8 Å². The van der Waals surface area contributed by atoms with E-state index in [4.69, 9.17) is 0 Å². The van der Waals surface area contributed by atoms with E-state index in [0.29, 0.717) is 17.9 Å². The van der Waals surface area contributed by atoms with Crippen LogP contribution in [0.3, 0.4) is 0 Å². The lowest BCUT2D eigenvalue weighted by atomic mass is 10.2. The van der Waals surface area contributed by atoms with Crippen molar-refractivity contribution < 1.29 is 9.00 Å². The number of nitrogens with one attached hydrogen (secondary N) is 2. The highest BCUT2D eigenvalue weighted by Gasteiger charge is 2.04. The van der Waals surface area contributed by atoms with E-state index < -0.39 is 10.8 Å². The summed E-state index contributed by atoms with van der Waals surface area (Å²) in [6.07, 6.45) is 3.48. The maximum Gasteiger partial charge on any atom is 0.251 e. The predicted octanol–water partition coefficient (Wildman–Crippen LogP) is 2.01. The molecule has 19 heavy (non-hydrogen) atoms. The van der Waals surface area contributed by atoms with Crippen LogP contribution in [0.1, 0.15) is 30.1 Å². The third kappa shape index (κ3) is 6.38. The second-order valence-electron chi connectivity index (χ2n) is 4.39. The van der Waals surface area contributed by atoms with Gasteiger partial charge in [0.25, 0.3) is 5.91 Å². The van der Waals surface area contributed by atoms with Crippen LogP contribution in [0, 0.1) is 0 Å². The van der Waals surface area contributed by atoms with Gasteiger partial charge in [-0.3, -0.25) is 9.00 Å². The maximum absolute atomic E-state index is 11.8. The molecule has 1 atom stereocenters. The zero-order valence-corrected chi connectivity index (χ0v) is 12.4. The molecule has 1 aromatic carbocycles. The van der Waals surface area contributed by atoms with E-state index in [0.717, 1.165) is 25.1 Å². The molecule has 4 nitrogen and oxygen atoms in total. The molecule has 0 bridgehead atoms. The number of amides is 1. The van der Waals surface area contributed by atoms with E-state index in [1.54, 1.807) is 6.26 Å². The van der Waals surface area contributed by atoms with Crippen molar-refractivity contribution in [1.82, 2.24) is 5.32 Å². The minimum atomic E-state index is -0.791. The summed E-state index contributed by atoms with van der Waals surface area (Å²) in [4.78, 5) is 11.8. The first-order valence-corrected chi connectivity index (χ1v) is 8.28. The van der Waals surface area contributed by atoms with Crippen LogP contribution in [-0.2, 0) is 10.8 Å². The molecule has 0 saturated heterocycles. The lowest BCUT2D eigenvalue weighted by Gasteiger charge is -2.07.